The van der Waals surface area contributed by atoms with E-state index >= 15 is 0 Å². The van der Waals surface area contributed by atoms with Crippen molar-refractivity contribution in [3.05, 3.63) is 54.1 Å². The molecule has 1 aliphatic rings. The van der Waals surface area contributed by atoms with E-state index in [4.69, 9.17) is 5.73 Å². The van der Waals surface area contributed by atoms with Gasteiger partial charge in [-0.3, -0.25) is 4.79 Å². The largest absolute Gasteiger partial charge is 0.399 e. The van der Waals surface area contributed by atoms with Crippen molar-refractivity contribution < 1.29 is 4.79 Å². The van der Waals surface area contributed by atoms with Crippen LogP contribution in [0.25, 0.3) is 0 Å². The molecule has 1 aliphatic heterocycles. The molecule has 0 saturated carbocycles. The quantitative estimate of drug-likeness (QED) is 0.842. The summed E-state index contributed by atoms with van der Waals surface area (Å²) in [7, 11) is 0. The average molecular weight is 338 g/mol. The number of piperazine rings is 1. The molecular formula is C20H26N4O. The zero-order valence-corrected chi connectivity index (χ0v) is 14.9. The molecule has 3 N–H and O–H groups in total. The Balaban J connectivity index is 1.76. The second-order valence-corrected chi connectivity index (χ2v) is 6.71. The van der Waals surface area contributed by atoms with Gasteiger partial charge in [-0.05, 0) is 44.2 Å². The SMILES string of the molecule is CC(C)NC(=O)c1cc(N)ccc1N1CCN(c2ccccc2)CC1. The second kappa shape index (κ2) is 7.47. The molecule has 25 heavy (non-hydrogen) atoms. The Morgan fingerprint density at radius 2 is 1.64 bits per heavy atom. The van der Waals surface area contributed by atoms with E-state index in [0.717, 1.165) is 31.9 Å². The Morgan fingerprint density at radius 3 is 2.28 bits per heavy atom. The minimum absolute atomic E-state index is 0.0669. The molecule has 2 aromatic carbocycles. The molecule has 0 bridgehead atoms. The van der Waals surface area contributed by atoms with Gasteiger partial charge in [-0.1, -0.05) is 18.2 Å². The number of anilines is 3. The average Bonchev–Trinajstić information content (AvgIpc) is 2.62. The van der Waals surface area contributed by atoms with E-state index in [1.165, 1.54) is 5.69 Å². The monoisotopic (exact) mass is 338 g/mol. The fraction of sp³-hybridized carbons (Fsp3) is 0.350. The van der Waals surface area contributed by atoms with E-state index in [1.54, 1.807) is 6.07 Å². The van der Waals surface area contributed by atoms with E-state index in [9.17, 15) is 4.79 Å². The number of nitrogens with zero attached hydrogens (tertiary/aromatic N) is 2. The van der Waals surface area contributed by atoms with Crippen molar-refractivity contribution in [2.24, 2.45) is 0 Å². The summed E-state index contributed by atoms with van der Waals surface area (Å²) in [6.45, 7) is 7.53. The van der Waals surface area contributed by atoms with Crippen LogP contribution in [0.5, 0.6) is 0 Å². The molecule has 2 aromatic rings. The Hall–Kier alpha value is -2.69. The zero-order valence-electron chi connectivity index (χ0n) is 14.9. The van der Waals surface area contributed by atoms with Gasteiger partial charge in [-0.15, -0.1) is 0 Å². The van der Waals surface area contributed by atoms with Crippen LogP contribution in [0.1, 0.15) is 24.2 Å². The lowest BCUT2D eigenvalue weighted by molar-refractivity contribution is 0.0943. The molecule has 1 saturated heterocycles. The van der Waals surface area contributed by atoms with E-state index < -0.39 is 0 Å². The first-order chi connectivity index (χ1) is 12.0. The number of carbonyl (C=O) groups excluding carboxylic acids is 1. The maximum absolute atomic E-state index is 12.6. The summed E-state index contributed by atoms with van der Waals surface area (Å²) in [5, 5.41) is 2.97. The summed E-state index contributed by atoms with van der Waals surface area (Å²) < 4.78 is 0. The first kappa shape index (κ1) is 17.1. The lowest BCUT2D eigenvalue weighted by atomic mass is 10.1. The maximum Gasteiger partial charge on any atom is 0.253 e. The number of nitrogens with one attached hydrogen (secondary N) is 1. The first-order valence-corrected chi connectivity index (χ1v) is 8.80. The number of rotatable bonds is 4. The lowest BCUT2D eigenvalue weighted by Crippen LogP contribution is -2.47. The highest BCUT2D eigenvalue weighted by Crippen LogP contribution is 2.26. The van der Waals surface area contributed by atoms with E-state index in [0.29, 0.717) is 11.3 Å². The van der Waals surface area contributed by atoms with Gasteiger partial charge >= 0.3 is 0 Å². The Morgan fingerprint density at radius 1 is 1.00 bits per heavy atom. The van der Waals surface area contributed by atoms with Gasteiger partial charge in [0.05, 0.1) is 5.56 Å². The number of hydrogen-bond donors (Lipinski definition) is 2. The third-order valence-electron chi connectivity index (χ3n) is 4.43. The third-order valence-corrected chi connectivity index (χ3v) is 4.43. The van der Waals surface area contributed by atoms with Crippen LogP contribution >= 0.6 is 0 Å². The summed E-state index contributed by atoms with van der Waals surface area (Å²) in [5.41, 5.74) is 9.39. The van der Waals surface area contributed by atoms with Crippen molar-refractivity contribution >= 4 is 23.0 Å². The van der Waals surface area contributed by atoms with Crippen LogP contribution in [0, 0.1) is 0 Å². The summed E-state index contributed by atoms with van der Waals surface area (Å²) in [5.74, 6) is -0.0669. The molecule has 0 unspecified atom stereocenters. The number of para-hydroxylation sites is 1. The molecule has 0 aromatic heterocycles. The molecular weight excluding hydrogens is 312 g/mol. The number of hydrogen-bond acceptors (Lipinski definition) is 4. The maximum atomic E-state index is 12.6. The van der Waals surface area contributed by atoms with Gasteiger partial charge in [0.2, 0.25) is 0 Å². The van der Waals surface area contributed by atoms with Crippen LogP contribution in [0.3, 0.4) is 0 Å². The predicted molar refractivity (Wildman–Crippen MR) is 104 cm³/mol. The first-order valence-electron chi connectivity index (χ1n) is 8.80. The second-order valence-electron chi connectivity index (χ2n) is 6.71. The standard InChI is InChI=1S/C20H26N4O/c1-15(2)22-20(25)18-14-16(21)8-9-19(18)24-12-10-23(11-13-24)17-6-4-3-5-7-17/h3-9,14-15H,10-13,21H2,1-2H3,(H,22,25). The highest BCUT2D eigenvalue weighted by atomic mass is 16.1. The Kier molecular flexibility index (Phi) is 5.12. The van der Waals surface area contributed by atoms with Crippen molar-refractivity contribution in [2.75, 3.05) is 41.7 Å². The molecule has 1 fully saturated rings. The van der Waals surface area contributed by atoms with Crippen molar-refractivity contribution in [3.63, 3.8) is 0 Å². The van der Waals surface area contributed by atoms with Gasteiger partial charge in [0, 0.05) is 49.3 Å². The van der Waals surface area contributed by atoms with E-state index in [1.807, 2.05) is 32.0 Å². The molecule has 5 nitrogen and oxygen atoms in total. The Bertz CT molecular complexity index is 722. The number of carbonyl (C=O) groups is 1. The number of nitrogen functional groups attached to an aromatic ring is 1. The molecule has 0 radical (unpaired) electrons. The summed E-state index contributed by atoms with van der Waals surface area (Å²) in [6.07, 6.45) is 0. The van der Waals surface area contributed by atoms with Crippen LogP contribution < -0.4 is 20.9 Å². The third kappa shape index (κ3) is 4.05. The minimum Gasteiger partial charge on any atom is -0.399 e. The normalized spacial score (nSPS) is 14.7. The highest BCUT2D eigenvalue weighted by Gasteiger charge is 2.22. The van der Waals surface area contributed by atoms with Crippen LogP contribution in [0.4, 0.5) is 17.1 Å². The van der Waals surface area contributed by atoms with Gasteiger partial charge in [0.1, 0.15) is 0 Å². The molecule has 0 aliphatic carbocycles. The molecule has 132 valence electrons. The molecule has 0 spiro atoms. The Labute approximate surface area is 149 Å². The summed E-state index contributed by atoms with van der Waals surface area (Å²) >= 11 is 0. The minimum atomic E-state index is -0.0669. The van der Waals surface area contributed by atoms with Gasteiger partial charge in [0.15, 0.2) is 0 Å². The van der Waals surface area contributed by atoms with Gasteiger partial charge in [0.25, 0.3) is 5.91 Å². The number of amides is 1. The van der Waals surface area contributed by atoms with Gasteiger partial charge in [-0.2, -0.15) is 0 Å². The highest BCUT2D eigenvalue weighted by molar-refractivity contribution is 6.01. The molecule has 3 rings (SSSR count). The van der Waals surface area contributed by atoms with Crippen molar-refractivity contribution in [3.8, 4) is 0 Å². The topological polar surface area (TPSA) is 61.6 Å². The van der Waals surface area contributed by atoms with Gasteiger partial charge in [-0.25, -0.2) is 0 Å². The van der Waals surface area contributed by atoms with Crippen LogP contribution in [-0.4, -0.2) is 38.1 Å². The fourth-order valence-corrected chi connectivity index (χ4v) is 3.20. The summed E-state index contributed by atoms with van der Waals surface area (Å²) in [6, 6.07) is 16.1. The van der Waals surface area contributed by atoms with Crippen molar-refractivity contribution in [1.82, 2.24) is 5.32 Å². The van der Waals surface area contributed by atoms with E-state index in [-0.39, 0.29) is 11.9 Å². The molecule has 1 amide bonds. The lowest BCUT2D eigenvalue weighted by Gasteiger charge is -2.38. The molecule has 0 atom stereocenters. The zero-order chi connectivity index (χ0) is 17.8. The number of nitrogens with two attached hydrogens (primary N) is 1. The van der Waals surface area contributed by atoms with E-state index in [2.05, 4.69) is 39.4 Å². The van der Waals surface area contributed by atoms with Crippen molar-refractivity contribution in [2.45, 2.75) is 19.9 Å². The summed E-state index contributed by atoms with van der Waals surface area (Å²) in [4.78, 5) is 17.2. The fourth-order valence-electron chi connectivity index (χ4n) is 3.20. The number of benzene rings is 2. The van der Waals surface area contributed by atoms with Crippen molar-refractivity contribution in [1.29, 1.82) is 0 Å². The predicted octanol–water partition coefficient (Wildman–Crippen LogP) is 2.73. The van der Waals surface area contributed by atoms with Crippen LogP contribution in [0.15, 0.2) is 48.5 Å². The molecule has 1 heterocycles. The van der Waals surface area contributed by atoms with Gasteiger partial charge < -0.3 is 20.9 Å². The smallest absolute Gasteiger partial charge is 0.253 e. The van der Waals surface area contributed by atoms with Crippen LogP contribution in [-0.2, 0) is 0 Å². The molecule has 5 heteroatoms. The van der Waals surface area contributed by atoms with Crippen LogP contribution in [0.2, 0.25) is 0 Å².